The highest BCUT2D eigenvalue weighted by Gasteiger charge is 2.13. The van der Waals surface area contributed by atoms with Crippen molar-refractivity contribution in [3.63, 3.8) is 0 Å². The van der Waals surface area contributed by atoms with E-state index in [1.807, 2.05) is 0 Å². The van der Waals surface area contributed by atoms with Crippen LogP contribution < -0.4 is 10.2 Å². The number of aromatic nitrogens is 1. The maximum atomic E-state index is 11.2. The molecular formula is C10H9NO6-2. The summed E-state index contributed by atoms with van der Waals surface area (Å²) in [5.74, 6) is -3.91. The van der Waals surface area contributed by atoms with E-state index in [-0.39, 0.29) is 6.61 Å². The Labute approximate surface area is 96.2 Å². The lowest BCUT2D eigenvalue weighted by Gasteiger charge is -2.13. The minimum atomic E-state index is -1.58. The number of hydrogen-bond acceptors (Lipinski definition) is 6. The van der Waals surface area contributed by atoms with E-state index in [0.717, 1.165) is 16.7 Å². The first kappa shape index (κ1) is 12.8. The van der Waals surface area contributed by atoms with Gasteiger partial charge in [0.1, 0.15) is 6.54 Å². The molecule has 7 nitrogen and oxygen atoms in total. The Hall–Kier alpha value is -2.31. The van der Waals surface area contributed by atoms with Crippen molar-refractivity contribution in [2.24, 2.45) is 0 Å². The van der Waals surface area contributed by atoms with Crippen LogP contribution in [0, 0.1) is 0 Å². The van der Waals surface area contributed by atoms with Crippen molar-refractivity contribution in [2.75, 3.05) is 6.61 Å². The van der Waals surface area contributed by atoms with Crippen LogP contribution in [-0.2, 0) is 16.1 Å². The van der Waals surface area contributed by atoms with E-state index in [1.54, 1.807) is 6.92 Å². The van der Waals surface area contributed by atoms with Gasteiger partial charge in [0.05, 0.1) is 29.9 Å². The number of ether oxygens (including phenoxy) is 1. The number of carboxylic acid groups (broad SMARTS) is 2. The zero-order valence-corrected chi connectivity index (χ0v) is 8.97. The summed E-state index contributed by atoms with van der Waals surface area (Å²) in [4.78, 5) is 32.6. The number of carbonyl (C=O) groups excluding carboxylic acids is 3. The molecule has 0 aliphatic rings. The molecule has 92 valence electrons. The Kier molecular flexibility index (Phi) is 3.86. The second-order valence-corrected chi connectivity index (χ2v) is 3.07. The predicted molar refractivity (Wildman–Crippen MR) is 49.7 cm³/mol. The Bertz CT molecular complexity index is 430. The summed E-state index contributed by atoms with van der Waals surface area (Å²) in [5, 5.41) is 21.4. The van der Waals surface area contributed by atoms with Crippen LogP contribution in [0.1, 0.15) is 27.9 Å². The van der Waals surface area contributed by atoms with Gasteiger partial charge < -0.3 is 29.1 Å². The summed E-state index contributed by atoms with van der Waals surface area (Å²) in [6.07, 6.45) is 0. The van der Waals surface area contributed by atoms with Crippen LogP contribution in [0.15, 0.2) is 12.1 Å². The van der Waals surface area contributed by atoms with Crippen LogP contribution in [-0.4, -0.2) is 29.1 Å². The number of carbonyl (C=O) groups is 3. The summed E-state index contributed by atoms with van der Waals surface area (Å²) in [6.45, 7) is 1.17. The minimum absolute atomic E-state index is 0.113. The fraction of sp³-hybridized carbons (Fsp3) is 0.300. The largest absolute Gasteiger partial charge is 0.543 e. The second-order valence-electron chi connectivity index (χ2n) is 3.07. The van der Waals surface area contributed by atoms with Gasteiger partial charge >= 0.3 is 5.97 Å². The lowest BCUT2D eigenvalue weighted by Crippen LogP contribution is -2.31. The molecule has 0 amide bonds. The topological polar surface area (TPSA) is 111 Å². The van der Waals surface area contributed by atoms with Gasteiger partial charge in [-0.3, -0.25) is 4.79 Å². The first-order valence-electron chi connectivity index (χ1n) is 4.75. The van der Waals surface area contributed by atoms with Crippen LogP contribution in [0.4, 0.5) is 0 Å². The molecule has 0 spiro atoms. The number of rotatable bonds is 5. The highest BCUT2D eigenvalue weighted by molar-refractivity contribution is 5.91. The van der Waals surface area contributed by atoms with Gasteiger partial charge in [0, 0.05) is 0 Å². The summed E-state index contributed by atoms with van der Waals surface area (Å²) in [5.41, 5.74) is -0.838. The van der Waals surface area contributed by atoms with Crippen LogP contribution >= 0.6 is 0 Å². The third kappa shape index (κ3) is 2.83. The molecule has 7 heteroatoms. The fourth-order valence-electron chi connectivity index (χ4n) is 1.33. The maximum absolute atomic E-state index is 11.2. The number of aromatic carboxylic acids is 2. The number of hydrogen-bond donors (Lipinski definition) is 0. The van der Waals surface area contributed by atoms with Crippen molar-refractivity contribution < 1.29 is 29.3 Å². The fourth-order valence-corrected chi connectivity index (χ4v) is 1.33. The van der Waals surface area contributed by atoms with Crippen LogP contribution in [0.3, 0.4) is 0 Å². The third-order valence-corrected chi connectivity index (χ3v) is 1.99. The van der Waals surface area contributed by atoms with Crippen molar-refractivity contribution in [1.29, 1.82) is 0 Å². The average Bonchev–Trinajstić information content (AvgIpc) is 2.61. The van der Waals surface area contributed by atoms with Crippen molar-refractivity contribution >= 4 is 17.9 Å². The molecule has 1 aromatic rings. The summed E-state index contributed by atoms with van der Waals surface area (Å²) < 4.78 is 5.36. The molecule has 0 N–H and O–H groups in total. The number of carboxylic acids is 2. The molecule has 1 heterocycles. The molecule has 0 fully saturated rings. The smallest absolute Gasteiger partial charge is 0.325 e. The second kappa shape index (κ2) is 5.15. The molecule has 0 saturated heterocycles. The standard InChI is InChI=1S/C10H11NO6/c1-2-17-8(12)5-11-6(9(13)14)3-4-7(11)10(15)16/h3-4H,2,5H2,1H3,(H,13,14)(H,15,16)/p-2. The highest BCUT2D eigenvalue weighted by atomic mass is 16.5. The summed E-state index contributed by atoms with van der Waals surface area (Å²) in [6, 6.07) is 2.05. The molecule has 0 aliphatic carbocycles. The molecule has 0 bridgehead atoms. The zero-order valence-electron chi connectivity index (χ0n) is 8.97. The molecule has 0 aliphatic heterocycles. The van der Waals surface area contributed by atoms with E-state index in [0.29, 0.717) is 0 Å². The van der Waals surface area contributed by atoms with Crippen molar-refractivity contribution in [1.82, 2.24) is 4.57 Å². The summed E-state index contributed by atoms with van der Waals surface area (Å²) >= 11 is 0. The van der Waals surface area contributed by atoms with Gasteiger partial charge in [-0.2, -0.15) is 0 Å². The van der Waals surface area contributed by atoms with Gasteiger partial charge in [0.15, 0.2) is 0 Å². The average molecular weight is 239 g/mol. The minimum Gasteiger partial charge on any atom is -0.543 e. The maximum Gasteiger partial charge on any atom is 0.325 e. The Balaban J connectivity index is 3.08. The van der Waals surface area contributed by atoms with Gasteiger partial charge in [0.2, 0.25) is 0 Å². The molecule has 0 unspecified atom stereocenters. The number of esters is 1. The highest BCUT2D eigenvalue weighted by Crippen LogP contribution is 2.08. The van der Waals surface area contributed by atoms with E-state index < -0.39 is 35.8 Å². The van der Waals surface area contributed by atoms with E-state index in [9.17, 15) is 24.6 Å². The van der Waals surface area contributed by atoms with Gasteiger partial charge in [-0.15, -0.1) is 0 Å². The summed E-state index contributed by atoms with van der Waals surface area (Å²) in [7, 11) is 0. The molecular weight excluding hydrogens is 230 g/mol. The van der Waals surface area contributed by atoms with Crippen LogP contribution in [0.25, 0.3) is 0 Å². The quantitative estimate of drug-likeness (QED) is 0.538. The number of nitrogens with zero attached hydrogens (tertiary/aromatic N) is 1. The lowest BCUT2D eigenvalue weighted by atomic mass is 10.4. The van der Waals surface area contributed by atoms with Crippen molar-refractivity contribution in [3.05, 3.63) is 23.5 Å². The Morgan fingerprint density at radius 2 is 1.65 bits per heavy atom. The van der Waals surface area contributed by atoms with E-state index >= 15 is 0 Å². The van der Waals surface area contributed by atoms with Gasteiger partial charge in [-0.05, 0) is 19.1 Å². The normalized spacial score (nSPS) is 9.94. The Morgan fingerprint density at radius 1 is 1.18 bits per heavy atom. The monoisotopic (exact) mass is 239 g/mol. The molecule has 1 aromatic heterocycles. The van der Waals surface area contributed by atoms with E-state index in [4.69, 9.17) is 0 Å². The van der Waals surface area contributed by atoms with Crippen LogP contribution in [0.2, 0.25) is 0 Å². The molecule has 0 saturated carbocycles. The first-order valence-corrected chi connectivity index (χ1v) is 4.75. The van der Waals surface area contributed by atoms with E-state index in [1.165, 1.54) is 0 Å². The predicted octanol–water partition coefficient (Wildman–Crippen LogP) is -2.22. The Morgan fingerprint density at radius 3 is 2.00 bits per heavy atom. The van der Waals surface area contributed by atoms with Crippen molar-refractivity contribution in [2.45, 2.75) is 13.5 Å². The van der Waals surface area contributed by atoms with Gasteiger partial charge in [-0.1, -0.05) is 0 Å². The third-order valence-electron chi connectivity index (χ3n) is 1.99. The molecule has 17 heavy (non-hydrogen) atoms. The van der Waals surface area contributed by atoms with Gasteiger partial charge in [0.25, 0.3) is 0 Å². The zero-order chi connectivity index (χ0) is 13.0. The van der Waals surface area contributed by atoms with Crippen LogP contribution in [0.5, 0.6) is 0 Å². The lowest BCUT2D eigenvalue weighted by molar-refractivity contribution is -0.256. The molecule has 0 radical (unpaired) electrons. The first-order chi connectivity index (χ1) is 7.97. The molecule has 0 atom stereocenters. The van der Waals surface area contributed by atoms with E-state index in [2.05, 4.69) is 4.74 Å². The SMILES string of the molecule is CCOC(=O)Cn1c(C(=O)[O-])ccc1C(=O)[O-]. The van der Waals surface area contributed by atoms with Crippen molar-refractivity contribution in [3.8, 4) is 0 Å². The molecule has 0 aromatic carbocycles. The molecule has 1 rings (SSSR count). The van der Waals surface area contributed by atoms with Gasteiger partial charge in [-0.25, -0.2) is 0 Å².